The van der Waals surface area contributed by atoms with Gasteiger partial charge in [0, 0.05) is 12.0 Å². The first-order chi connectivity index (χ1) is 7.42. The van der Waals surface area contributed by atoms with Crippen LogP contribution in [0.4, 0.5) is 4.79 Å². The summed E-state index contributed by atoms with van der Waals surface area (Å²) in [7, 11) is 5.70. The van der Waals surface area contributed by atoms with E-state index < -0.39 is 5.60 Å². The molecule has 3 nitrogen and oxygen atoms in total. The molecule has 0 bridgehead atoms. The monoisotopic (exact) mass is 219 g/mol. The van der Waals surface area contributed by atoms with Gasteiger partial charge in [0.2, 0.25) is 0 Å². The Bertz CT molecular complexity index is 321. The lowest BCUT2D eigenvalue weighted by atomic mass is 9.87. The number of likely N-dealkylation sites (tertiary alicyclic amines) is 1. The summed E-state index contributed by atoms with van der Waals surface area (Å²) in [6.45, 7) is 5.64. The van der Waals surface area contributed by atoms with Gasteiger partial charge in [-0.3, -0.25) is 4.90 Å². The third-order valence-corrected chi connectivity index (χ3v) is 3.13. The van der Waals surface area contributed by atoms with Crippen LogP contribution in [0.25, 0.3) is 0 Å². The van der Waals surface area contributed by atoms with E-state index in [1.54, 1.807) is 4.90 Å². The molecule has 3 unspecified atom stereocenters. The van der Waals surface area contributed by atoms with Crippen molar-refractivity contribution in [3.8, 4) is 0 Å². The molecule has 0 aromatic rings. The standard InChI is InChI=1S/C12H18BNO2/c1-12(2,3)16-11(15)14-9(7-13)6-8-4-5-10(8)14/h4-5,8-10H,6-7H2,1-3H3. The highest BCUT2D eigenvalue weighted by Gasteiger charge is 2.45. The molecule has 1 fully saturated rings. The first kappa shape index (κ1) is 11.6. The quantitative estimate of drug-likeness (QED) is 0.499. The van der Waals surface area contributed by atoms with Gasteiger partial charge in [0.15, 0.2) is 0 Å². The van der Waals surface area contributed by atoms with Crippen LogP contribution in [-0.2, 0) is 4.74 Å². The van der Waals surface area contributed by atoms with Crippen molar-refractivity contribution >= 4 is 13.9 Å². The summed E-state index contributed by atoms with van der Waals surface area (Å²) >= 11 is 0. The zero-order valence-electron chi connectivity index (χ0n) is 10.1. The number of ether oxygens (including phenoxy) is 1. The normalized spacial score (nSPS) is 32.2. The van der Waals surface area contributed by atoms with Gasteiger partial charge < -0.3 is 4.74 Å². The van der Waals surface area contributed by atoms with Gasteiger partial charge >= 0.3 is 6.09 Å². The van der Waals surface area contributed by atoms with Gasteiger partial charge in [-0.2, -0.15) is 0 Å². The summed E-state index contributed by atoms with van der Waals surface area (Å²) in [6.07, 6.45) is 5.45. The lowest BCUT2D eigenvalue weighted by Crippen LogP contribution is -2.45. The second-order valence-corrected chi connectivity index (χ2v) is 5.55. The molecule has 0 saturated carbocycles. The predicted molar refractivity (Wildman–Crippen MR) is 63.5 cm³/mol. The highest BCUT2D eigenvalue weighted by Crippen LogP contribution is 2.39. The molecule has 1 aliphatic carbocycles. The minimum atomic E-state index is -0.443. The Balaban J connectivity index is 2.06. The van der Waals surface area contributed by atoms with E-state index in [-0.39, 0.29) is 18.2 Å². The van der Waals surface area contributed by atoms with Crippen LogP contribution in [0.2, 0.25) is 6.32 Å². The summed E-state index contributed by atoms with van der Waals surface area (Å²) in [5.74, 6) is 0.487. The lowest BCUT2D eigenvalue weighted by molar-refractivity contribution is 0.0179. The largest absolute Gasteiger partial charge is 0.444 e. The van der Waals surface area contributed by atoms with Gasteiger partial charge in [-0.05, 0) is 27.2 Å². The van der Waals surface area contributed by atoms with Crippen molar-refractivity contribution in [3.63, 3.8) is 0 Å². The van der Waals surface area contributed by atoms with Crippen LogP contribution >= 0.6 is 0 Å². The Morgan fingerprint density at radius 1 is 1.50 bits per heavy atom. The Hall–Kier alpha value is -0.925. The average molecular weight is 219 g/mol. The molecule has 1 amide bonds. The van der Waals surface area contributed by atoms with Gasteiger partial charge in [0.1, 0.15) is 5.60 Å². The summed E-state index contributed by atoms with van der Waals surface area (Å²) in [6, 6.07) is 0.336. The first-order valence-corrected chi connectivity index (χ1v) is 5.82. The number of carbonyl (C=O) groups is 1. The molecular formula is C12H18BNO2. The van der Waals surface area contributed by atoms with Gasteiger partial charge in [-0.1, -0.05) is 18.5 Å². The summed E-state index contributed by atoms with van der Waals surface area (Å²) in [5.41, 5.74) is -0.443. The number of rotatable bonds is 1. The maximum atomic E-state index is 12.0. The Morgan fingerprint density at radius 3 is 2.62 bits per heavy atom. The van der Waals surface area contributed by atoms with Crippen LogP contribution in [0.15, 0.2) is 12.2 Å². The molecule has 0 spiro atoms. The van der Waals surface area contributed by atoms with Gasteiger partial charge in [-0.15, -0.1) is 0 Å². The van der Waals surface area contributed by atoms with E-state index in [0.717, 1.165) is 6.42 Å². The number of amides is 1. The molecule has 4 heteroatoms. The molecule has 86 valence electrons. The lowest BCUT2D eigenvalue weighted by Gasteiger charge is -2.34. The van der Waals surface area contributed by atoms with Gasteiger partial charge in [-0.25, -0.2) is 4.79 Å². The van der Waals surface area contributed by atoms with Crippen molar-refractivity contribution in [1.29, 1.82) is 0 Å². The van der Waals surface area contributed by atoms with Gasteiger partial charge in [0.25, 0.3) is 0 Å². The number of carbonyl (C=O) groups excluding carboxylic acids is 1. The molecule has 3 atom stereocenters. The molecule has 2 rings (SSSR count). The fourth-order valence-corrected chi connectivity index (χ4v) is 2.35. The topological polar surface area (TPSA) is 29.5 Å². The first-order valence-electron chi connectivity index (χ1n) is 5.82. The van der Waals surface area contributed by atoms with Crippen LogP contribution < -0.4 is 0 Å². The Labute approximate surface area is 98.2 Å². The minimum Gasteiger partial charge on any atom is -0.444 e. The minimum absolute atomic E-state index is 0.125. The Kier molecular flexibility index (Phi) is 2.76. The molecule has 2 aliphatic rings. The second kappa shape index (κ2) is 3.83. The van der Waals surface area contributed by atoms with Crippen LogP contribution in [-0.4, -0.2) is 36.5 Å². The molecule has 1 aliphatic heterocycles. The third kappa shape index (κ3) is 1.97. The van der Waals surface area contributed by atoms with E-state index in [9.17, 15) is 4.79 Å². The molecular weight excluding hydrogens is 201 g/mol. The van der Waals surface area contributed by atoms with E-state index in [4.69, 9.17) is 12.6 Å². The van der Waals surface area contributed by atoms with Crippen molar-refractivity contribution in [2.45, 2.75) is 51.2 Å². The number of fused-ring (bicyclic) bond motifs is 1. The maximum Gasteiger partial charge on any atom is 0.411 e. The van der Waals surface area contributed by atoms with Crippen molar-refractivity contribution in [1.82, 2.24) is 4.90 Å². The highest BCUT2D eigenvalue weighted by atomic mass is 16.6. The second-order valence-electron chi connectivity index (χ2n) is 5.55. The van der Waals surface area contributed by atoms with Crippen molar-refractivity contribution in [3.05, 3.63) is 12.2 Å². The molecule has 16 heavy (non-hydrogen) atoms. The van der Waals surface area contributed by atoms with Crippen LogP contribution in [0.1, 0.15) is 27.2 Å². The van der Waals surface area contributed by atoms with E-state index in [1.807, 2.05) is 20.8 Å². The molecule has 1 heterocycles. The predicted octanol–water partition coefficient (Wildman–Crippen LogP) is 2.14. The number of hydrogen-bond donors (Lipinski definition) is 0. The number of nitrogens with zero attached hydrogens (tertiary/aromatic N) is 1. The summed E-state index contributed by atoms with van der Waals surface area (Å²) in [5, 5.41) is 0. The highest BCUT2D eigenvalue weighted by molar-refractivity contribution is 6.09. The molecule has 0 aromatic heterocycles. The fourth-order valence-electron chi connectivity index (χ4n) is 2.35. The van der Waals surface area contributed by atoms with Gasteiger partial charge in [0.05, 0.1) is 13.9 Å². The molecule has 0 N–H and O–H groups in total. The van der Waals surface area contributed by atoms with Crippen LogP contribution in [0, 0.1) is 5.92 Å². The zero-order valence-corrected chi connectivity index (χ0v) is 10.1. The Morgan fingerprint density at radius 2 is 2.19 bits per heavy atom. The van der Waals surface area contributed by atoms with Crippen LogP contribution in [0.3, 0.4) is 0 Å². The summed E-state index contributed by atoms with van der Waals surface area (Å²) in [4.78, 5) is 13.8. The molecule has 2 radical (unpaired) electrons. The zero-order chi connectivity index (χ0) is 11.9. The third-order valence-electron chi connectivity index (χ3n) is 3.13. The van der Waals surface area contributed by atoms with Crippen molar-refractivity contribution in [2.24, 2.45) is 5.92 Å². The van der Waals surface area contributed by atoms with Crippen molar-refractivity contribution in [2.75, 3.05) is 0 Å². The number of hydrogen-bond acceptors (Lipinski definition) is 2. The summed E-state index contributed by atoms with van der Waals surface area (Å²) < 4.78 is 5.40. The smallest absolute Gasteiger partial charge is 0.411 e. The maximum absolute atomic E-state index is 12.0. The van der Waals surface area contributed by atoms with Crippen LogP contribution in [0.5, 0.6) is 0 Å². The average Bonchev–Trinajstić information content (AvgIpc) is 2.35. The van der Waals surface area contributed by atoms with E-state index in [2.05, 4.69) is 12.2 Å². The molecule has 1 saturated heterocycles. The van der Waals surface area contributed by atoms with E-state index in [0.29, 0.717) is 12.2 Å². The molecule has 0 aromatic carbocycles. The van der Waals surface area contributed by atoms with E-state index in [1.165, 1.54) is 0 Å². The van der Waals surface area contributed by atoms with E-state index >= 15 is 0 Å². The SMILES string of the molecule is [B]CC1CC2C=CC2N1C(=O)OC(C)(C)C. The van der Waals surface area contributed by atoms with Crippen molar-refractivity contribution < 1.29 is 9.53 Å². The fraction of sp³-hybridized carbons (Fsp3) is 0.750.